The summed E-state index contributed by atoms with van der Waals surface area (Å²) in [5.41, 5.74) is -0.259. The highest BCUT2D eigenvalue weighted by Gasteiger charge is 2.37. The van der Waals surface area contributed by atoms with Crippen LogP contribution in [0.5, 0.6) is 0 Å². The predicted molar refractivity (Wildman–Crippen MR) is 54.7 cm³/mol. The molecule has 0 radical (unpaired) electrons. The van der Waals surface area contributed by atoms with Gasteiger partial charge in [0, 0.05) is 0 Å². The van der Waals surface area contributed by atoms with Gasteiger partial charge in [-0.25, -0.2) is 0 Å². The van der Waals surface area contributed by atoms with E-state index in [1.165, 1.54) is 6.07 Å². The van der Waals surface area contributed by atoms with Crippen LogP contribution in [0.1, 0.15) is 11.1 Å². The van der Waals surface area contributed by atoms with E-state index >= 15 is 0 Å². The van der Waals surface area contributed by atoms with Crippen LogP contribution in [-0.2, 0) is 12.6 Å². The molecule has 1 atom stereocenters. The molecule has 0 aromatic heterocycles. The first-order valence-corrected chi connectivity index (χ1v) is 5.07. The molecular formula is C10H9ClF3NO. The molecule has 0 aliphatic carbocycles. The molecule has 6 heteroatoms. The highest BCUT2D eigenvalue weighted by atomic mass is 35.5. The number of hydrogen-bond acceptors (Lipinski definition) is 2. The molecule has 0 amide bonds. The second-order valence-electron chi connectivity index (χ2n) is 3.67. The number of rotatable bonds is 1. The van der Waals surface area contributed by atoms with Crippen LogP contribution in [0.4, 0.5) is 18.9 Å². The molecule has 1 unspecified atom stereocenters. The standard InChI is InChI=1S/C10H9ClF3NO/c11-8-2-1-7(10(12,13)14)6-3-5(4-16)15-9(6)8/h1-2,5,15-16H,3-4H2. The molecule has 0 bridgehead atoms. The average molecular weight is 252 g/mol. The van der Waals surface area contributed by atoms with Gasteiger partial charge in [0.25, 0.3) is 0 Å². The Morgan fingerprint density at radius 2 is 2.12 bits per heavy atom. The molecule has 2 rings (SSSR count). The third-order valence-electron chi connectivity index (χ3n) is 2.59. The van der Waals surface area contributed by atoms with E-state index in [4.69, 9.17) is 16.7 Å². The average Bonchev–Trinajstić information content (AvgIpc) is 2.60. The first-order valence-electron chi connectivity index (χ1n) is 4.69. The van der Waals surface area contributed by atoms with Crippen LogP contribution in [0.3, 0.4) is 0 Å². The Bertz CT molecular complexity index is 419. The van der Waals surface area contributed by atoms with Crippen LogP contribution in [0, 0.1) is 0 Å². The van der Waals surface area contributed by atoms with Gasteiger partial charge >= 0.3 is 6.18 Å². The molecule has 0 spiro atoms. The maximum Gasteiger partial charge on any atom is 0.416 e. The summed E-state index contributed by atoms with van der Waals surface area (Å²) in [7, 11) is 0. The van der Waals surface area contributed by atoms with Crippen LogP contribution in [0.2, 0.25) is 5.02 Å². The summed E-state index contributed by atoms with van der Waals surface area (Å²) >= 11 is 5.80. The highest BCUT2D eigenvalue weighted by Crippen LogP contribution is 2.41. The largest absolute Gasteiger partial charge is 0.416 e. The molecule has 1 aromatic carbocycles. The van der Waals surface area contributed by atoms with Crippen molar-refractivity contribution in [2.24, 2.45) is 0 Å². The number of halogens is 4. The number of hydrogen-bond donors (Lipinski definition) is 2. The molecule has 1 aromatic rings. The monoisotopic (exact) mass is 251 g/mol. The zero-order valence-electron chi connectivity index (χ0n) is 8.11. The smallest absolute Gasteiger partial charge is 0.394 e. The van der Waals surface area contributed by atoms with E-state index in [-0.39, 0.29) is 29.3 Å². The fourth-order valence-electron chi connectivity index (χ4n) is 1.86. The van der Waals surface area contributed by atoms with Gasteiger partial charge in [-0.15, -0.1) is 0 Å². The van der Waals surface area contributed by atoms with Crippen LogP contribution in [0.15, 0.2) is 12.1 Å². The minimum atomic E-state index is -4.39. The van der Waals surface area contributed by atoms with E-state index in [9.17, 15) is 13.2 Å². The number of benzene rings is 1. The summed E-state index contributed by atoms with van der Waals surface area (Å²) in [6.07, 6.45) is -4.25. The molecule has 1 heterocycles. The summed E-state index contributed by atoms with van der Waals surface area (Å²) in [5.74, 6) is 0. The third-order valence-corrected chi connectivity index (χ3v) is 2.90. The van der Waals surface area contributed by atoms with Crippen molar-refractivity contribution >= 4 is 17.3 Å². The Morgan fingerprint density at radius 1 is 1.44 bits per heavy atom. The molecule has 2 nitrogen and oxygen atoms in total. The van der Waals surface area contributed by atoms with Crippen molar-refractivity contribution < 1.29 is 18.3 Å². The summed E-state index contributed by atoms with van der Waals surface area (Å²) in [5, 5.41) is 12.0. The number of alkyl halides is 3. The minimum absolute atomic E-state index is 0.138. The minimum Gasteiger partial charge on any atom is -0.394 e. The topological polar surface area (TPSA) is 32.3 Å². The second kappa shape index (κ2) is 3.82. The summed E-state index contributed by atoms with van der Waals surface area (Å²) in [6, 6.07) is 1.80. The van der Waals surface area contributed by atoms with Gasteiger partial charge in [-0.3, -0.25) is 0 Å². The van der Waals surface area contributed by atoms with Crippen molar-refractivity contribution in [3.8, 4) is 0 Å². The Hall–Kier alpha value is -0.940. The van der Waals surface area contributed by atoms with Gasteiger partial charge in [-0.1, -0.05) is 11.6 Å². The highest BCUT2D eigenvalue weighted by molar-refractivity contribution is 6.33. The molecule has 0 saturated carbocycles. The van der Waals surface area contributed by atoms with Crippen molar-refractivity contribution in [3.05, 3.63) is 28.3 Å². The fraction of sp³-hybridized carbons (Fsp3) is 0.400. The predicted octanol–water partition coefficient (Wildman–Crippen LogP) is 2.69. The lowest BCUT2D eigenvalue weighted by molar-refractivity contribution is -0.138. The lowest BCUT2D eigenvalue weighted by Gasteiger charge is -2.12. The molecule has 0 fully saturated rings. The Balaban J connectivity index is 2.50. The molecule has 2 N–H and O–H groups in total. The van der Waals surface area contributed by atoms with E-state index in [2.05, 4.69) is 5.32 Å². The van der Waals surface area contributed by atoms with Gasteiger partial charge in [0.05, 0.1) is 28.9 Å². The first kappa shape index (κ1) is 11.5. The Labute approximate surface area is 95.0 Å². The maximum atomic E-state index is 12.7. The van der Waals surface area contributed by atoms with E-state index in [0.717, 1.165) is 6.07 Å². The van der Waals surface area contributed by atoms with E-state index in [1.54, 1.807) is 0 Å². The van der Waals surface area contributed by atoms with Gasteiger partial charge in [-0.2, -0.15) is 13.2 Å². The number of aliphatic hydroxyl groups excluding tert-OH is 1. The first-order chi connectivity index (χ1) is 7.43. The van der Waals surface area contributed by atoms with Crippen molar-refractivity contribution in [1.29, 1.82) is 0 Å². The van der Waals surface area contributed by atoms with Crippen molar-refractivity contribution in [3.63, 3.8) is 0 Å². The number of nitrogens with one attached hydrogen (secondary N) is 1. The maximum absolute atomic E-state index is 12.7. The Morgan fingerprint density at radius 3 is 2.69 bits per heavy atom. The lowest BCUT2D eigenvalue weighted by Crippen LogP contribution is -2.19. The number of fused-ring (bicyclic) bond motifs is 1. The lowest BCUT2D eigenvalue weighted by atomic mass is 10.0. The summed E-state index contributed by atoms with van der Waals surface area (Å²) in [4.78, 5) is 0. The number of aliphatic hydroxyl groups is 1. The van der Waals surface area contributed by atoms with Crippen LogP contribution < -0.4 is 5.32 Å². The van der Waals surface area contributed by atoms with Crippen molar-refractivity contribution in [2.45, 2.75) is 18.6 Å². The molecule has 88 valence electrons. The Kier molecular flexibility index (Phi) is 2.75. The van der Waals surface area contributed by atoms with Gasteiger partial charge < -0.3 is 10.4 Å². The molecular weight excluding hydrogens is 243 g/mol. The third kappa shape index (κ3) is 1.85. The normalized spacial score (nSPS) is 19.4. The molecule has 0 saturated heterocycles. The van der Waals surface area contributed by atoms with Gasteiger partial charge in [-0.05, 0) is 24.1 Å². The molecule has 1 aliphatic rings. The van der Waals surface area contributed by atoms with E-state index < -0.39 is 17.8 Å². The van der Waals surface area contributed by atoms with Gasteiger partial charge in [0.15, 0.2) is 0 Å². The van der Waals surface area contributed by atoms with Crippen molar-refractivity contribution in [1.82, 2.24) is 0 Å². The van der Waals surface area contributed by atoms with Crippen LogP contribution >= 0.6 is 11.6 Å². The summed E-state index contributed by atoms with van der Waals surface area (Å²) in [6.45, 7) is -0.220. The molecule has 1 aliphatic heterocycles. The van der Waals surface area contributed by atoms with Crippen LogP contribution in [0.25, 0.3) is 0 Å². The van der Waals surface area contributed by atoms with E-state index in [0.29, 0.717) is 0 Å². The quantitative estimate of drug-likeness (QED) is 0.804. The zero-order valence-corrected chi connectivity index (χ0v) is 8.86. The summed E-state index contributed by atoms with van der Waals surface area (Å²) < 4.78 is 38.0. The van der Waals surface area contributed by atoms with Gasteiger partial charge in [0.2, 0.25) is 0 Å². The SMILES string of the molecule is OCC1Cc2c(C(F)(F)F)ccc(Cl)c2N1. The molecule has 16 heavy (non-hydrogen) atoms. The zero-order chi connectivity index (χ0) is 11.9. The fourth-order valence-corrected chi connectivity index (χ4v) is 2.10. The van der Waals surface area contributed by atoms with Crippen molar-refractivity contribution in [2.75, 3.05) is 11.9 Å². The second-order valence-corrected chi connectivity index (χ2v) is 4.08. The number of anilines is 1. The van der Waals surface area contributed by atoms with E-state index in [1.807, 2.05) is 0 Å². The van der Waals surface area contributed by atoms with Gasteiger partial charge in [0.1, 0.15) is 0 Å². The van der Waals surface area contributed by atoms with Crippen LogP contribution in [-0.4, -0.2) is 17.8 Å².